The molecule has 1 N–H and O–H groups in total. The topological polar surface area (TPSA) is 73.2 Å². The fraction of sp³-hybridized carbons (Fsp3) is 0.400. The van der Waals surface area contributed by atoms with Crippen molar-refractivity contribution in [2.75, 3.05) is 6.54 Å². The first kappa shape index (κ1) is 17.7. The SMILES string of the molecule is O=S(=O)(NC[C@H]1CCc2nccn2C1)c1ccccc1OC(F)(F)F. The van der Waals surface area contributed by atoms with Crippen molar-refractivity contribution in [2.45, 2.75) is 30.6 Å². The van der Waals surface area contributed by atoms with Gasteiger partial charge in [-0.25, -0.2) is 18.1 Å². The summed E-state index contributed by atoms with van der Waals surface area (Å²) < 4.78 is 70.3. The number of ether oxygens (including phenoxy) is 1. The van der Waals surface area contributed by atoms with E-state index in [9.17, 15) is 21.6 Å². The molecule has 0 unspecified atom stereocenters. The third-order valence-electron chi connectivity index (χ3n) is 3.96. The number of hydrogen-bond acceptors (Lipinski definition) is 4. The summed E-state index contributed by atoms with van der Waals surface area (Å²) in [5, 5.41) is 0. The van der Waals surface area contributed by atoms with E-state index in [2.05, 4.69) is 14.4 Å². The van der Waals surface area contributed by atoms with Gasteiger partial charge >= 0.3 is 6.36 Å². The fourth-order valence-corrected chi connectivity index (χ4v) is 4.03. The van der Waals surface area contributed by atoms with Gasteiger partial charge in [0.15, 0.2) is 0 Å². The van der Waals surface area contributed by atoms with E-state index in [4.69, 9.17) is 0 Å². The van der Waals surface area contributed by atoms with Crippen molar-refractivity contribution in [1.82, 2.24) is 14.3 Å². The van der Waals surface area contributed by atoms with Crippen molar-refractivity contribution in [3.05, 3.63) is 42.5 Å². The van der Waals surface area contributed by atoms with Crippen LogP contribution in [-0.2, 0) is 23.0 Å². The average molecular weight is 375 g/mol. The lowest BCUT2D eigenvalue weighted by molar-refractivity contribution is -0.275. The standard InChI is InChI=1S/C15H16F3N3O3S/c16-15(17,18)24-12-3-1-2-4-13(12)25(22,23)20-9-11-5-6-14-19-7-8-21(14)10-11/h1-4,7-8,11,20H,5-6,9-10H2/t11-/m1/s1. The average Bonchev–Trinajstić information content (AvgIpc) is 2.99. The number of hydrogen-bond donors (Lipinski definition) is 1. The Morgan fingerprint density at radius 3 is 2.84 bits per heavy atom. The monoisotopic (exact) mass is 375 g/mol. The molecule has 0 saturated carbocycles. The number of aromatic nitrogens is 2. The predicted molar refractivity (Wildman–Crippen MR) is 82.4 cm³/mol. The van der Waals surface area contributed by atoms with E-state index in [1.807, 2.05) is 10.8 Å². The van der Waals surface area contributed by atoms with E-state index in [0.717, 1.165) is 30.8 Å². The number of imidazole rings is 1. The Morgan fingerprint density at radius 2 is 2.08 bits per heavy atom. The fourth-order valence-electron chi connectivity index (χ4n) is 2.79. The minimum atomic E-state index is -4.97. The van der Waals surface area contributed by atoms with Gasteiger partial charge in [0.25, 0.3) is 0 Å². The summed E-state index contributed by atoms with van der Waals surface area (Å²) in [7, 11) is -4.13. The molecule has 0 fully saturated rings. The van der Waals surface area contributed by atoms with Gasteiger partial charge in [0.2, 0.25) is 10.0 Å². The summed E-state index contributed by atoms with van der Waals surface area (Å²) in [6.45, 7) is 0.735. The normalized spacial score (nSPS) is 18.0. The van der Waals surface area contributed by atoms with Crippen LogP contribution in [0.15, 0.2) is 41.6 Å². The second kappa shape index (κ2) is 6.68. The van der Waals surface area contributed by atoms with Crippen LogP contribution in [0.1, 0.15) is 12.2 Å². The van der Waals surface area contributed by atoms with Crippen molar-refractivity contribution >= 4 is 10.0 Å². The van der Waals surface area contributed by atoms with E-state index in [0.29, 0.717) is 6.54 Å². The molecule has 1 aliphatic rings. The number of nitrogens with one attached hydrogen (secondary N) is 1. The van der Waals surface area contributed by atoms with Crippen LogP contribution in [0.25, 0.3) is 0 Å². The zero-order valence-corrected chi connectivity index (χ0v) is 13.8. The Bertz CT molecular complexity index is 849. The minimum Gasteiger partial charge on any atom is -0.404 e. The molecule has 0 aliphatic carbocycles. The lowest BCUT2D eigenvalue weighted by Crippen LogP contribution is -2.34. The molecule has 0 saturated heterocycles. The number of halogens is 3. The zero-order chi connectivity index (χ0) is 18.1. The van der Waals surface area contributed by atoms with E-state index < -0.39 is 27.0 Å². The van der Waals surface area contributed by atoms with E-state index in [1.165, 1.54) is 12.1 Å². The van der Waals surface area contributed by atoms with Crippen LogP contribution in [0.2, 0.25) is 0 Å². The summed E-state index contributed by atoms with van der Waals surface area (Å²) in [4.78, 5) is 3.66. The van der Waals surface area contributed by atoms with Gasteiger partial charge in [0, 0.05) is 31.9 Å². The van der Waals surface area contributed by atoms with Crippen molar-refractivity contribution in [2.24, 2.45) is 5.92 Å². The Kier molecular flexibility index (Phi) is 4.74. The van der Waals surface area contributed by atoms with Gasteiger partial charge in [0.05, 0.1) is 0 Å². The zero-order valence-electron chi connectivity index (χ0n) is 13.0. The molecule has 1 aliphatic heterocycles. The smallest absolute Gasteiger partial charge is 0.404 e. The maximum atomic E-state index is 12.5. The lowest BCUT2D eigenvalue weighted by atomic mass is 10.00. The van der Waals surface area contributed by atoms with Gasteiger partial charge < -0.3 is 9.30 Å². The second-order valence-electron chi connectivity index (χ2n) is 5.75. The largest absolute Gasteiger partial charge is 0.573 e. The molecule has 2 heterocycles. The van der Waals surface area contributed by atoms with Crippen LogP contribution < -0.4 is 9.46 Å². The van der Waals surface area contributed by atoms with Crippen LogP contribution in [0, 0.1) is 5.92 Å². The van der Waals surface area contributed by atoms with E-state index in [-0.39, 0.29) is 12.5 Å². The number of sulfonamides is 1. The number of benzene rings is 1. The first-order chi connectivity index (χ1) is 11.7. The van der Waals surface area contributed by atoms with Crippen molar-refractivity contribution in [3.8, 4) is 5.75 Å². The molecule has 1 aromatic heterocycles. The highest BCUT2D eigenvalue weighted by atomic mass is 32.2. The highest BCUT2D eigenvalue weighted by molar-refractivity contribution is 7.89. The van der Waals surface area contributed by atoms with Gasteiger partial charge in [-0.05, 0) is 24.5 Å². The van der Waals surface area contributed by atoms with Gasteiger partial charge in [0.1, 0.15) is 16.5 Å². The van der Waals surface area contributed by atoms with E-state index in [1.54, 1.807) is 6.20 Å². The molecule has 136 valence electrons. The summed E-state index contributed by atoms with van der Waals surface area (Å²) >= 11 is 0. The molecular formula is C15H16F3N3O3S. The van der Waals surface area contributed by atoms with E-state index >= 15 is 0 Å². The van der Waals surface area contributed by atoms with Crippen molar-refractivity contribution in [1.29, 1.82) is 0 Å². The van der Waals surface area contributed by atoms with Crippen LogP contribution in [0.5, 0.6) is 5.75 Å². The molecule has 10 heteroatoms. The summed E-state index contributed by atoms with van der Waals surface area (Å²) in [5.74, 6) is 0.234. The number of rotatable bonds is 5. The molecule has 0 spiro atoms. The Hall–Kier alpha value is -2.07. The quantitative estimate of drug-likeness (QED) is 0.871. The highest BCUT2D eigenvalue weighted by Gasteiger charge is 2.34. The van der Waals surface area contributed by atoms with Gasteiger partial charge in [-0.15, -0.1) is 13.2 Å². The van der Waals surface area contributed by atoms with Crippen molar-refractivity contribution in [3.63, 3.8) is 0 Å². The van der Waals surface area contributed by atoms with Crippen LogP contribution in [0.4, 0.5) is 13.2 Å². The first-order valence-corrected chi connectivity index (χ1v) is 9.07. The summed E-state index contributed by atoms with van der Waals surface area (Å²) in [6.07, 6.45) is 0.0231. The maximum Gasteiger partial charge on any atom is 0.573 e. The molecule has 25 heavy (non-hydrogen) atoms. The number of alkyl halides is 3. The van der Waals surface area contributed by atoms with Crippen LogP contribution >= 0.6 is 0 Å². The Balaban J connectivity index is 1.71. The van der Waals surface area contributed by atoms with Crippen molar-refractivity contribution < 1.29 is 26.3 Å². The molecule has 0 amide bonds. The van der Waals surface area contributed by atoms with Crippen LogP contribution in [0.3, 0.4) is 0 Å². The summed E-state index contributed by atoms with van der Waals surface area (Å²) in [6, 6.07) is 4.68. The lowest BCUT2D eigenvalue weighted by Gasteiger charge is -2.24. The van der Waals surface area contributed by atoms with Gasteiger partial charge in [-0.3, -0.25) is 0 Å². The third-order valence-corrected chi connectivity index (χ3v) is 5.42. The molecule has 0 bridgehead atoms. The summed E-state index contributed by atoms with van der Waals surface area (Å²) in [5.41, 5.74) is 0. The molecule has 2 aromatic rings. The number of nitrogens with zero attached hydrogens (tertiary/aromatic N) is 2. The third kappa shape index (κ3) is 4.31. The number of aryl methyl sites for hydroxylation is 1. The molecule has 1 aromatic carbocycles. The first-order valence-electron chi connectivity index (χ1n) is 7.59. The van der Waals surface area contributed by atoms with Gasteiger partial charge in [-0.1, -0.05) is 12.1 Å². The molecule has 3 rings (SSSR count). The highest BCUT2D eigenvalue weighted by Crippen LogP contribution is 2.29. The maximum absolute atomic E-state index is 12.5. The number of fused-ring (bicyclic) bond motifs is 1. The predicted octanol–water partition coefficient (Wildman–Crippen LogP) is 2.32. The molecule has 6 nitrogen and oxygen atoms in total. The Labute approximate surface area is 142 Å². The Morgan fingerprint density at radius 1 is 1.32 bits per heavy atom. The molecule has 1 atom stereocenters. The minimum absolute atomic E-state index is 0.0344. The number of para-hydroxylation sites is 1. The van der Waals surface area contributed by atoms with Crippen LogP contribution in [-0.4, -0.2) is 30.9 Å². The van der Waals surface area contributed by atoms with Gasteiger partial charge in [-0.2, -0.15) is 0 Å². The molecular weight excluding hydrogens is 359 g/mol. The second-order valence-corrected chi connectivity index (χ2v) is 7.48. The molecule has 0 radical (unpaired) electrons.